The molecule has 3 heterocycles. The molecule has 0 radical (unpaired) electrons. The lowest BCUT2D eigenvalue weighted by Gasteiger charge is -2.32. The van der Waals surface area contributed by atoms with Crippen molar-refractivity contribution < 1.29 is 48.5 Å². The van der Waals surface area contributed by atoms with Gasteiger partial charge in [-0.2, -0.15) is 0 Å². The molecule has 0 aliphatic carbocycles. The average Bonchev–Trinajstić information content (AvgIpc) is 3.52. The van der Waals surface area contributed by atoms with Crippen molar-refractivity contribution in [2.45, 2.75) is 13.8 Å². The number of fused-ring (bicyclic) bond motifs is 1. The van der Waals surface area contributed by atoms with Crippen LogP contribution in [0.25, 0.3) is 11.6 Å². The van der Waals surface area contributed by atoms with Crippen molar-refractivity contribution in [1.29, 1.82) is 0 Å². The minimum Gasteiger partial charge on any atom is -0.480 e. The molecule has 1 saturated heterocycles. The third kappa shape index (κ3) is 11.4. The first-order valence-corrected chi connectivity index (χ1v) is 16.8. The molecular formula is C34H45FN8O9. The number of carboxylic acid groups (broad SMARTS) is 3. The molecule has 0 bridgehead atoms. The van der Waals surface area contributed by atoms with E-state index >= 15 is 0 Å². The maximum Gasteiger partial charge on any atom is 0.317 e. The molecule has 0 unspecified atom stereocenters. The Morgan fingerprint density at radius 1 is 0.769 bits per heavy atom. The van der Waals surface area contributed by atoms with Crippen molar-refractivity contribution in [3.05, 3.63) is 52.1 Å². The van der Waals surface area contributed by atoms with Gasteiger partial charge in [0.05, 0.1) is 37.3 Å². The summed E-state index contributed by atoms with van der Waals surface area (Å²) < 4.78 is 13.9. The number of amides is 3. The van der Waals surface area contributed by atoms with E-state index in [4.69, 9.17) is 0 Å². The first-order chi connectivity index (χ1) is 24.7. The zero-order valence-electron chi connectivity index (χ0n) is 29.2. The van der Waals surface area contributed by atoms with Gasteiger partial charge in [0.2, 0.25) is 5.91 Å². The summed E-state index contributed by atoms with van der Waals surface area (Å²) in [4.78, 5) is 83.0. The molecule has 1 fully saturated rings. The largest absolute Gasteiger partial charge is 0.480 e. The molecule has 2 aliphatic rings. The zero-order chi connectivity index (χ0) is 37.9. The number of aliphatic carboxylic acids is 3. The number of anilines is 1. The van der Waals surface area contributed by atoms with Gasteiger partial charge in [-0.1, -0.05) is 0 Å². The summed E-state index contributed by atoms with van der Waals surface area (Å²) in [6, 6.07) is 4.01. The van der Waals surface area contributed by atoms with E-state index in [0.717, 1.165) is 0 Å². The molecule has 1 aromatic heterocycles. The van der Waals surface area contributed by atoms with Crippen molar-refractivity contribution in [3.8, 4) is 0 Å². The predicted molar refractivity (Wildman–Crippen MR) is 187 cm³/mol. The molecular weight excluding hydrogens is 683 g/mol. The number of benzene rings is 1. The van der Waals surface area contributed by atoms with Gasteiger partial charge in [-0.3, -0.25) is 48.4 Å². The van der Waals surface area contributed by atoms with Crippen LogP contribution in [0.15, 0.2) is 18.2 Å². The number of H-pyrrole nitrogens is 1. The number of carbonyl (C=O) groups is 6. The van der Waals surface area contributed by atoms with Crippen LogP contribution in [-0.4, -0.2) is 167 Å². The highest BCUT2D eigenvalue weighted by atomic mass is 19.1. The number of rotatable bonds is 13. The fourth-order valence-corrected chi connectivity index (χ4v) is 6.22. The number of aromatic amines is 1. The van der Waals surface area contributed by atoms with Crippen molar-refractivity contribution >= 4 is 53.0 Å². The van der Waals surface area contributed by atoms with Crippen LogP contribution in [-0.2, 0) is 24.0 Å². The molecule has 0 saturated carbocycles. The fraction of sp³-hybridized carbons (Fsp3) is 0.471. The van der Waals surface area contributed by atoms with Crippen molar-refractivity contribution in [3.63, 3.8) is 0 Å². The lowest BCUT2D eigenvalue weighted by atomic mass is 10.0. The summed E-state index contributed by atoms with van der Waals surface area (Å²) >= 11 is 0. The first-order valence-electron chi connectivity index (χ1n) is 16.8. The standard InChI is InChI=1S/C34H45FN8O9/c1-21-27(16-25-24-15-23(35)3-4-26(24)39-33(25)51)38-22(2)32(21)34(52)37-6-5-36-28(44)17-40-7-9-41(18-29(45)46)11-13-43(20-31(49)50)14-12-42(10-8-40)19-30(47)48/h3-4,15-16,38H,5-14,17-20H2,1-2H3,(H,36,44)(H,37,52)(H,39,51)(H,45,46)(H,47,48)(H,49,50)/b25-16-. The molecule has 52 heavy (non-hydrogen) atoms. The van der Waals surface area contributed by atoms with Crippen molar-refractivity contribution in [1.82, 2.24) is 35.2 Å². The van der Waals surface area contributed by atoms with Crippen LogP contribution >= 0.6 is 0 Å². The Kier molecular flexibility index (Phi) is 14.0. The summed E-state index contributed by atoms with van der Waals surface area (Å²) in [5.41, 5.74) is 3.21. The van der Waals surface area contributed by atoms with Crippen LogP contribution in [0.2, 0.25) is 0 Å². The lowest BCUT2D eigenvalue weighted by Crippen LogP contribution is -2.50. The summed E-state index contributed by atoms with van der Waals surface area (Å²) in [6.07, 6.45) is 1.58. The summed E-state index contributed by atoms with van der Waals surface area (Å²) in [5.74, 6) is -4.74. The van der Waals surface area contributed by atoms with E-state index in [0.29, 0.717) is 46.9 Å². The number of carboxylic acids is 3. The third-order valence-electron chi connectivity index (χ3n) is 8.86. The topological polar surface area (TPSA) is 228 Å². The van der Waals surface area contributed by atoms with Crippen LogP contribution in [0, 0.1) is 19.7 Å². The quantitative estimate of drug-likeness (QED) is 0.103. The van der Waals surface area contributed by atoms with Gasteiger partial charge in [0, 0.05) is 88.1 Å². The Labute approximate surface area is 299 Å². The Morgan fingerprint density at radius 3 is 1.75 bits per heavy atom. The van der Waals surface area contributed by atoms with Gasteiger partial charge < -0.3 is 36.3 Å². The second kappa shape index (κ2) is 18.4. The number of nitrogens with one attached hydrogen (secondary N) is 4. The monoisotopic (exact) mass is 728 g/mol. The SMILES string of the molecule is Cc1[nH]c(/C=C2\C(=O)Nc3ccc(F)cc32)c(C)c1C(=O)NCCNC(=O)CN1CCN(CC(=O)O)CCN(CC(=O)O)CCN(CC(=O)O)CC1. The maximum absolute atomic E-state index is 13.9. The highest BCUT2D eigenvalue weighted by molar-refractivity contribution is 6.35. The summed E-state index contributed by atoms with van der Waals surface area (Å²) in [5, 5.41) is 36.4. The van der Waals surface area contributed by atoms with Crippen LogP contribution in [0.1, 0.15) is 32.9 Å². The second-order valence-corrected chi connectivity index (χ2v) is 12.8. The number of nitrogens with zero attached hydrogens (tertiary/aromatic N) is 4. The van der Waals surface area contributed by atoms with Crippen LogP contribution in [0.3, 0.4) is 0 Å². The van der Waals surface area contributed by atoms with Crippen LogP contribution in [0.4, 0.5) is 10.1 Å². The molecule has 3 amide bonds. The molecule has 0 spiro atoms. The maximum atomic E-state index is 13.9. The molecule has 0 atom stereocenters. The molecule has 18 heteroatoms. The number of hydrogen-bond donors (Lipinski definition) is 7. The normalized spacial score (nSPS) is 17.5. The van der Waals surface area contributed by atoms with Gasteiger partial charge in [-0.15, -0.1) is 0 Å². The van der Waals surface area contributed by atoms with Crippen LogP contribution in [0.5, 0.6) is 0 Å². The van der Waals surface area contributed by atoms with Gasteiger partial charge in [0.15, 0.2) is 0 Å². The van der Waals surface area contributed by atoms with Crippen molar-refractivity contribution in [2.75, 3.05) is 96.9 Å². The van der Waals surface area contributed by atoms with Gasteiger partial charge in [0.1, 0.15) is 5.82 Å². The number of aryl methyl sites for hydroxylation is 1. The number of carbonyl (C=O) groups excluding carboxylic acids is 3. The molecule has 17 nitrogen and oxygen atoms in total. The van der Waals surface area contributed by atoms with E-state index in [1.165, 1.54) is 18.2 Å². The number of aromatic nitrogens is 1. The van der Waals surface area contributed by atoms with E-state index in [1.54, 1.807) is 39.5 Å². The Balaban J connectivity index is 1.33. The van der Waals surface area contributed by atoms with E-state index in [9.17, 15) is 48.5 Å². The summed E-state index contributed by atoms with van der Waals surface area (Å²) in [7, 11) is 0. The Morgan fingerprint density at radius 2 is 1.25 bits per heavy atom. The zero-order valence-corrected chi connectivity index (χ0v) is 29.2. The Hall–Kier alpha value is -5.17. The van der Waals surface area contributed by atoms with E-state index in [-0.39, 0.29) is 95.9 Å². The molecule has 2 aromatic rings. The predicted octanol–water partition coefficient (Wildman–Crippen LogP) is -0.415. The second-order valence-electron chi connectivity index (χ2n) is 12.8. The van der Waals surface area contributed by atoms with Crippen molar-refractivity contribution in [2.24, 2.45) is 0 Å². The van der Waals surface area contributed by atoms with E-state index < -0.39 is 29.6 Å². The average molecular weight is 729 g/mol. The van der Waals surface area contributed by atoms with Gasteiger partial charge >= 0.3 is 17.9 Å². The molecule has 282 valence electrons. The van der Waals surface area contributed by atoms with E-state index in [1.807, 2.05) is 0 Å². The third-order valence-corrected chi connectivity index (χ3v) is 8.86. The molecule has 1 aromatic carbocycles. The lowest BCUT2D eigenvalue weighted by molar-refractivity contribution is -0.140. The number of hydrogen-bond acceptors (Lipinski definition) is 10. The fourth-order valence-electron chi connectivity index (χ4n) is 6.22. The number of halogens is 1. The first kappa shape index (κ1) is 39.6. The van der Waals surface area contributed by atoms with Gasteiger partial charge in [-0.05, 0) is 43.7 Å². The molecule has 4 rings (SSSR count). The van der Waals surface area contributed by atoms with Crippen LogP contribution < -0.4 is 16.0 Å². The van der Waals surface area contributed by atoms with E-state index in [2.05, 4.69) is 20.9 Å². The molecule has 7 N–H and O–H groups in total. The smallest absolute Gasteiger partial charge is 0.317 e. The Bertz CT molecular complexity index is 1680. The highest BCUT2D eigenvalue weighted by Crippen LogP contribution is 2.34. The minimum absolute atomic E-state index is 0.0600. The highest BCUT2D eigenvalue weighted by Gasteiger charge is 2.26. The minimum atomic E-state index is -1.04. The van der Waals surface area contributed by atoms with Gasteiger partial charge in [-0.25, -0.2) is 4.39 Å². The molecule has 2 aliphatic heterocycles. The summed E-state index contributed by atoms with van der Waals surface area (Å²) in [6.45, 7) is 4.98. The van der Waals surface area contributed by atoms with Gasteiger partial charge in [0.25, 0.3) is 11.8 Å².